The average Bonchev–Trinajstić information content (AvgIpc) is 3.37. The van der Waals surface area contributed by atoms with Gasteiger partial charge in [0, 0.05) is 24.4 Å². The third kappa shape index (κ3) is 6.32. The molecule has 1 N–H and O–H groups in total. The number of nitro groups is 1. The second kappa shape index (κ2) is 12.1. The van der Waals surface area contributed by atoms with Crippen molar-refractivity contribution in [1.82, 2.24) is 19.0 Å². The van der Waals surface area contributed by atoms with Crippen molar-refractivity contribution in [1.29, 1.82) is 0 Å². The number of non-ortho nitro benzene ring substituents is 1. The standard InChI is InChI=1S/C25H28N6O7S2/c1-15(2)38-24(32)21-16(3)27-25(33)30(23(21)17-7-4-8-18(13-17)31(34)35)12-6-11-26-14-40(36,37)20-10-5-9-19-22(20)29-39-28-19/h4-5,7-10,13,15,21,23,26H,6,11-12,14H2,1-3H3. The van der Waals surface area contributed by atoms with Gasteiger partial charge in [-0.3, -0.25) is 14.9 Å². The van der Waals surface area contributed by atoms with E-state index in [-0.39, 0.29) is 35.3 Å². The van der Waals surface area contributed by atoms with Crippen molar-refractivity contribution in [3.05, 3.63) is 58.1 Å². The molecule has 40 heavy (non-hydrogen) atoms. The number of nitro benzene ring substituents is 1. The molecule has 2 heterocycles. The van der Waals surface area contributed by atoms with E-state index in [0.717, 1.165) is 11.7 Å². The predicted octanol–water partition coefficient (Wildman–Crippen LogP) is 3.52. The van der Waals surface area contributed by atoms with Crippen molar-refractivity contribution < 1.29 is 27.7 Å². The number of nitrogens with zero attached hydrogens (tertiary/aromatic N) is 5. The summed E-state index contributed by atoms with van der Waals surface area (Å²) in [6.45, 7) is 5.27. The van der Waals surface area contributed by atoms with Gasteiger partial charge in [-0.05, 0) is 51.4 Å². The molecule has 15 heteroatoms. The first-order valence-electron chi connectivity index (χ1n) is 12.4. The van der Waals surface area contributed by atoms with Gasteiger partial charge in [-0.2, -0.15) is 8.75 Å². The minimum Gasteiger partial charge on any atom is -0.462 e. The highest BCUT2D eigenvalue weighted by Gasteiger charge is 2.43. The van der Waals surface area contributed by atoms with Crippen molar-refractivity contribution in [2.75, 3.05) is 19.0 Å². The number of rotatable bonds is 11. The molecule has 0 bridgehead atoms. The van der Waals surface area contributed by atoms with E-state index >= 15 is 0 Å². The molecule has 4 rings (SSSR count). The van der Waals surface area contributed by atoms with Crippen LogP contribution in [0.25, 0.3) is 11.0 Å². The molecule has 13 nitrogen and oxygen atoms in total. The number of ether oxygens (including phenoxy) is 1. The number of hydrogen-bond donors (Lipinski definition) is 1. The Morgan fingerprint density at radius 3 is 2.70 bits per heavy atom. The average molecular weight is 589 g/mol. The molecule has 1 aliphatic heterocycles. The number of aliphatic imine (C=N–C) groups is 1. The van der Waals surface area contributed by atoms with Crippen molar-refractivity contribution >= 4 is 56.0 Å². The van der Waals surface area contributed by atoms with E-state index in [1.54, 1.807) is 39.0 Å². The van der Waals surface area contributed by atoms with Crippen LogP contribution in [0.2, 0.25) is 0 Å². The maximum absolute atomic E-state index is 13.1. The fraction of sp³-hybridized carbons (Fsp3) is 0.400. The summed E-state index contributed by atoms with van der Waals surface area (Å²) in [5, 5.41) is 14.3. The highest BCUT2D eigenvalue weighted by Crippen LogP contribution is 2.36. The van der Waals surface area contributed by atoms with Crippen molar-refractivity contribution in [3.63, 3.8) is 0 Å². The normalized spacial score (nSPS) is 17.8. The summed E-state index contributed by atoms with van der Waals surface area (Å²) in [6, 6.07) is 9.05. The number of urea groups is 1. The summed E-state index contributed by atoms with van der Waals surface area (Å²) in [5.41, 5.74) is 1.28. The summed E-state index contributed by atoms with van der Waals surface area (Å²) < 4.78 is 39.4. The van der Waals surface area contributed by atoms with E-state index in [0.29, 0.717) is 23.0 Å². The van der Waals surface area contributed by atoms with Crippen molar-refractivity contribution in [2.24, 2.45) is 10.9 Å². The fourth-order valence-corrected chi connectivity index (χ4v) is 6.44. The van der Waals surface area contributed by atoms with Gasteiger partial charge in [0.25, 0.3) is 5.69 Å². The van der Waals surface area contributed by atoms with Gasteiger partial charge in [0.15, 0.2) is 9.84 Å². The maximum atomic E-state index is 13.1. The van der Waals surface area contributed by atoms with Crippen LogP contribution in [-0.4, -0.2) is 69.8 Å². The Morgan fingerprint density at radius 2 is 1.98 bits per heavy atom. The highest BCUT2D eigenvalue weighted by molar-refractivity contribution is 7.91. The van der Waals surface area contributed by atoms with E-state index in [4.69, 9.17) is 4.74 Å². The van der Waals surface area contributed by atoms with Crippen LogP contribution in [0, 0.1) is 16.0 Å². The maximum Gasteiger partial charge on any atom is 0.344 e. The van der Waals surface area contributed by atoms with Crippen LogP contribution >= 0.6 is 11.7 Å². The lowest BCUT2D eigenvalue weighted by Gasteiger charge is -2.38. The lowest BCUT2D eigenvalue weighted by atomic mass is 9.86. The number of sulfone groups is 1. The van der Waals surface area contributed by atoms with Gasteiger partial charge in [0.05, 0.1) is 33.7 Å². The number of aromatic nitrogens is 2. The van der Waals surface area contributed by atoms with Crippen LogP contribution in [0.3, 0.4) is 0 Å². The van der Waals surface area contributed by atoms with E-state index in [9.17, 15) is 28.1 Å². The third-order valence-corrected chi connectivity index (χ3v) is 8.40. The topological polar surface area (TPSA) is 174 Å². The largest absolute Gasteiger partial charge is 0.462 e. The molecule has 0 saturated heterocycles. The second-order valence-corrected chi connectivity index (χ2v) is 12.0. The van der Waals surface area contributed by atoms with Crippen LogP contribution < -0.4 is 5.32 Å². The number of carbonyl (C=O) groups excluding carboxylic acids is 2. The van der Waals surface area contributed by atoms with Gasteiger partial charge in [0.2, 0.25) is 0 Å². The molecular weight excluding hydrogens is 560 g/mol. The van der Waals surface area contributed by atoms with Gasteiger partial charge in [0.1, 0.15) is 22.8 Å². The van der Waals surface area contributed by atoms with Crippen LogP contribution in [0.15, 0.2) is 52.4 Å². The second-order valence-electron chi connectivity index (χ2n) is 9.49. The van der Waals surface area contributed by atoms with E-state index in [1.807, 2.05) is 0 Å². The van der Waals surface area contributed by atoms with Crippen LogP contribution in [-0.2, 0) is 19.4 Å². The number of benzene rings is 2. The monoisotopic (exact) mass is 588 g/mol. The minimum absolute atomic E-state index is 0.0829. The molecule has 2 amide bonds. The van der Waals surface area contributed by atoms with Crippen LogP contribution in [0.5, 0.6) is 0 Å². The minimum atomic E-state index is -3.71. The Balaban J connectivity index is 1.51. The molecule has 0 aliphatic carbocycles. The summed E-state index contributed by atoms with van der Waals surface area (Å²) in [6.07, 6.45) is -0.107. The number of esters is 1. The Labute approximate surface area is 234 Å². The van der Waals surface area contributed by atoms with Gasteiger partial charge < -0.3 is 15.0 Å². The fourth-order valence-electron chi connectivity index (χ4n) is 4.54. The van der Waals surface area contributed by atoms with Crippen LogP contribution in [0.4, 0.5) is 10.5 Å². The molecular formula is C25H28N6O7S2. The van der Waals surface area contributed by atoms with E-state index < -0.39 is 44.8 Å². The first-order chi connectivity index (χ1) is 19.0. The highest BCUT2D eigenvalue weighted by atomic mass is 32.2. The number of hydrogen-bond acceptors (Lipinski definition) is 11. The van der Waals surface area contributed by atoms with E-state index in [1.165, 1.54) is 29.2 Å². The lowest BCUT2D eigenvalue weighted by Crippen LogP contribution is -2.48. The number of fused-ring (bicyclic) bond motifs is 1. The number of amides is 2. The van der Waals surface area contributed by atoms with Gasteiger partial charge in [-0.25, -0.2) is 18.2 Å². The van der Waals surface area contributed by atoms with Crippen molar-refractivity contribution in [2.45, 2.75) is 44.2 Å². The Kier molecular flexibility index (Phi) is 8.85. The lowest BCUT2D eigenvalue weighted by molar-refractivity contribution is -0.385. The molecule has 0 spiro atoms. The molecule has 3 aromatic rings. The van der Waals surface area contributed by atoms with E-state index in [2.05, 4.69) is 19.1 Å². The third-order valence-electron chi connectivity index (χ3n) is 6.28. The molecule has 1 aliphatic rings. The molecule has 2 aromatic carbocycles. The Bertz CT molecular complexity index is 1570. The molecule has 1 aromatic heterocycles. The summed E-state index contributed by atoms with van der Waals surface area (Å²) in [5.74, 6) is -1.92. The first kappa shape index (κ1) is 29.2. The summed E-state index contributed by atoms with van der Waals surface area (Å²) in [4.78, 5) is 42.5. The zero-order valence-corrected chi connectivity index (χ0v) is 23.6. The molecule has 0 saturated carbocycles. The molecule has 2 atom stereocenters. The number of carbonyl (C=O) groups is 2. The van der Waals surface area contributed by atoms with Crippen LogP contribution in [0.1, 0.15) is 38.8 Å². The zero-order chi connectivity index (χ0) is 29.0. The quantitative estimate of drug-likeness (QED) is 0.151. The predicted molar refractivity (Wildman–Crippen MR) is 148 cm³/mol. The smallest absolute Gasteiger partial charge is 0.344 e. The number of nitrogens with one attached hydrogen (secondary N) is 1. The molecule has 2 unspecified atom stereocenters. The Hall–Kier alpha value is -3.82. The molecule has 212 valence electrons. The zero-order valence-electron chi connectivity index (χ0n) is 22.0. The molecule has 0 radical (unpaired) electrons. The first-order valence-corrected chi connectivity index (χ1v) is 14.8. The Morgan fingerprint density at radius 1 is 1.23 bits per heavy atom. The van der Waals surface area contributed by atoms with Gasteiger partial charge in [-0.1, -0.05) is 18.2 Å². The van der Waals surface area contributed by atoms with Crippen molar-refractivity contribution in [3.8, 4) is 0 Å². The summed E-state index contributed by atoms with van der Waals surface area (Å²) in [7, 11) is -3.71. The van der Waals surface area contributed by atoms with Gasteiger partial charge in [-0.15, -0.1) is 0 Å². The van der Waals surface area contributed by atoms with Gasteiger partial charge >= 0.3 is 12.0 Å². The SMILES string of the molecule is CC1=NC(=O)N(CCCNCS(=O)(=O)c2cccc3nsnc23)C(c2cccc([N+](=O)[O-])c2)C1C(=O)OC(C)C. The summed E-state index contributed by atoms with van der Waals surface area (Å²) >= 11 is 0.934. The molecule has 0 fully saturated rings.